The van der Waals surface area contributed by atoms with Crippen LogP contribution in [0.3, 0.4) is 0 Å². The molecule has 0 radical (unpaired) electrons. The van der Waals surface area contributed by atoms with Gasteiger partial charge in [0, 0.05) is 25.7 Å². The summed E-state index contributed by atoms with van der Waals surface area (Å²) in [6, 6.07) is 0.887. The molecule has 2 saturated heterocycles. The van der Waals surface area contributed by atoms with Crippen LogP contribution in [0.4, 0.5) is 0 Å². The van der Waals surface area contributed by atoms with Crippen LogP contribution in [-0.2, 0) is 0 Å². The lowest BCUT2D eigenvalue weighted by Crippen LogP contribution is -2.60. The van der Waals surface area contributed by atoms with Gasteiger partial charge in [0.1, 0.15) is 0 Å². The van der Waals surface area contributed by atoms with E-state index in [-0.39, 0.29) is 0 Å². The summed E-state index contributed by atoms with van der Waals surface area (Å²) >= 11 is 0. The summed E-state index contributed by atoms with van der Waals surface area (Å²) in [7, 11) is 0. The van der Waals surface area contributed by atoms with Crippen LogP contribution in [-0.4, -0.2) is 37.1 Å². The van der Waals surface area contributed by atoms with Gasteiger partial charge in [-0.25, -0.2) is 0 Å². The summed E-state index contributed by atoms with van der Waals surface area (Å²) in [5, 5.41) is 3.39. The molecule has 14 heavy (non-hydrogen) atoms. The van der Waals surface area contributed by atoms with Gasteiger partial charge in [0.2, 0.25) is 0 Å². The molecule has 3 rings (SSSR count). The Morgan fingerprint density at radius 3 is 2.43 bits per heavy atom. The summed E-state index contributed by atoms with van der Waals surface area (Å²) in [6.07, 6.45) is 7.54. The van der Waals surface area contributed by atoms with E-state index in [1.807, 2.05) is 0 Å². The second kappa shape index (κ2) is 3.82. The number of hydrogen-bond donors (Lipinski definition) is 1. The van der Waals surface area contributed by atoms with Gasteiger partial charge in [-0.05, 0) is 31.2 Å². The van der Waals surface area contributed by atoms with E-state index in [0.717, 1.165) is 17.9 Å². The largest absolute Gasteiger partial charge is 0.314 e. The Labute approximate surface area is 87.0 Å². The Morgan fingerprint density at radius 2 is 1.71 bits per heavy atom. The highest BCUT2D eigenvalue weighted by Crippen LogP contribution is 2.36. The van der Waals surface area contributed by atoms with Gasteiger partial charge in [0.15, 0.2) is 0 Å². The third-order valence-electron chi connectivity index (χ3n) is 4.60. The maximum absolute atomic E-state index is 3.39. The van der Waals surface area contributed by atoms with E-state index in [2.05, 4.69) is 10.2 Å². The minimum absolute atomic E-state index is 0.887. The number of nitrogens with one attached hydrogen (secondary N) is 1. The first-order valence-electron chi connectivity index (χ1n) is 6.38. The zero-order chi connectivity index (χ0) is 9.38. The van der Waals surface area contributed by atoms with Crippen molar-refractivity contribution in [3.63, 3.8) is 0 Å². The Kier molecular flexibility index (Phi) is 2.50. The smallest absolute Gasteiger partial charge is 0.0345 e. The molecule has 0 bridgehead atoms. The lowest BCUT2D eigenvalue weighted by molar-refractivity contribution is 0.0392. The highest BCUT2D eigenvalue weighted by molar-refractivity contribution is 4.91. The first-order chi connectivity index (χ1) is 6.93. The van der Waals surface area contributed by atoms with Crippen molar-refractivity contribution >= 4 is 0 Å². The monoisotopic (exact) mass is 194 g/mol. The van der Waals surface area contributed by atoms with E-state index in [9.17, 15) is 0 Å². The molecule has 2 atom stereocenters. The second-order valence-corrected chi connectivity index (χ2v) is 5.40. The van der Waals surface area contributed by atoms with Crippen LogP contribution in [0.25, 0.3) is 0 Å². The zero-order valence-corrected chi connectivity index (χ0v) is 9.04. The molecule has 2 heteroatoms. The first kappa shape index (κ1) is 9.17. The zero-order valence-electron chi connectivity index (χ0n) is 9.04. The molecular weight excluding hydrogens is 172 g/mol. The van der Waals surface area contributed by atoms with E-state index >= 15 is 0 Å². The number of rotatable bonds is 1. The predicted molar refractivity (Wildman–Crippen MR) is 58.3 cm³/mol. The Hall–Kier alpha value is -0.0800. The molecule has 2 heterocycles. The van der Waals surface area contributed by atoms with E-state index in [4.69, 9.17) is 0 Å². The van der Waals surface area contributed by atoms with Crippen LogP contribution in [0, 0.1) is 11.8 Å². The summed E-state index contributed by atoms with van der Waals surface area (Å²) in [5.74, 6) is 2.14. The van der Waals surface area contributed by atoms with Gasteiger partial charge >= 0.3 is 0 Å². The van der Waals surface area contributed by atoms with Gasteiger partial charge in [0.25, 0.3) is 0 Å². The van der Waals surface area contributed by atoms with Gasteiger partial charge in [0.05, 0.1) is 0 Å². The normalized spacial score (nSPS) is 40.3. The maximum atomic E-state index is 3.39. The number of nitrogens with zero attached hydrogens (tertiary/aromatic N) is 1. The molecule has 1 aliphatic carbocycles. The van der Waals surface area contributed by atoms with Crippen LogP contribution in [0.2, 0.25) is 0 Å². The number of hydrogen-bond acceptors (Lipinski definition) is 2. The highest BCUT2D eigenvalue weighted by Gasteiger charge is 2.35. The molecule has 2 aliphatic heterocycles. The van der Waals surface area contributed by atoms with Crippen molar-refractivity contribution in [1.82, 2.24) is 10.2 Å². The van der Waals surface area contributed by atoms with Gasteiger partial charge in [-0.3, -0.25) is 4.90 Å². The molecule has 0 aromatic rings. The van der Waals surface area contributed by atoms with Crippen LogP contribution < -0.4 is 5.32 Å². The third-order valence-corrected chi connectivity index (χ3v) is 4.60. The van der Waals surface area contributed by atoms with Gasteiger partial charge in [-0.1, -0.05) is 19.3 Å². The molecule has 3 fully saturated rings. The van der Waals surface area contributed by atoms with Crippen LogP contribution in [0.1, 0.15) is 32.1 Å². The van der Waals surface area contributed by atoms with Crippen molar-refractivity contribution in [2.75, 3.05) is 26.2 Å². The van der Waals surface area contributed by atoms with Gasteiger partial charge in [-0.15, -0.1) is 0 Å². The maximum Gasteiger partial charge on any atom is 0.0345 e. The number of piperidine rings is 1. The lowest BCUT2D eigenvalue weighted by Gasteiger charge is -2.47. The van der Waals surface area contributed by atoms with E-state index in [0.29, 0.717) is 0 Å². The van der Waals surface area contributed by atoms with E-state index in [1.165, 1.54) is 58.3 Å². The van der Waals surface area contributed by atoms with Crippen molar-refractivity contribution in [2.45, 2.75) is 38.1 Å². The first-order valence-corrected chi connectivity index (χ1v) is 6.38. The topological polar surface area (TPSA) is 15.3 Å². The molecule has 2 unspecified atom stereocenters. The molecule has 2 nitrogen and oxygen atoms in total. The molecule has 1 N–H and O–H groups in total. The lowest BCUT2D eigenvalue weighted by atomic mass is 9.74. The fourth-order valence-corrected chi connectivity index (χ4v) is 3.49. The van der Waals surface area contributed by atoms with Gasteiger partial charge < -0.3 is 5.32 Å². The number of likely N-dealkylation sites (tertiary alicyclic amines) is 1. The summed E-state index contributed by atoms with van der Waals surface area (Å²) in [5.41, 5.74) is 0. The predicted octanol–water partition coefficient (Wildman–Crippen LogP) is 1.47. The molecule has 0 aromatic heterocycles. The Morgan fingerprint density at radius 1 is 0.929 bits per heavy atom. The molecular formula is C12H22N2. The molecule has 1 saturated carbocycles. The minimum Gasteiger partial charge on any atom is -0.314 e. The van der Waals surface area contributed by atoms with Crippen molar-refractivity contribution in [1.29, 1.82) is 0 Å². The standard InChI is InChI=1S/C12H22N2/c1-2-4-11-9-14(12-7-13-8-12)6-5-10(11)3-1/h10-13H,1-9H2. The fraction of sp³-hybridized carbons (Fsp3) is 1.00. The Balaban J connectivity index is 1.59. The molecule has 3 aliphatic rings. The summed E-state index contributed by atoms with van der Waals surface area (Å²) in [4.78, 5) is 2.75. The van der Waals surface area contributed by atoms with E-state index < -0.39 is 0 Å². The van der Waals surface area contributed by atoms with Crippen LogP contribution in [0.5, 0.6) is 0 Å². The van der Waals surface area contributed by atoms with Crippen LogP contribution >= 0.6 is 0 Å². The third kappa shape index (κ3) is 1.59. The molecule has 80 valence electrons. The SMILES string of the molecule is C1CCC2CN(C3CNC3)CCC2C1. The summed E-state index contributed by atoms with van der Waals surface area (Å²) in [6.45, 7) is 5.29. The van der Waals surface area contributed by atoms with Crippen molar-refractivity contribution in [2.24, 2.45) is 11.8 Å². The average molecular weight is 194 g/mol. The van der Waals surface area contributed by atoms with E-state index in [1.54, 1.807) is 0 Å². The van der Waals surface area contributed by atoms with Crippen molar-refractivity contribution in [3.8, 4) is 0 Å². The van der Waals surface area contributed by atoms with Gasteiger partial charge in [-0.2, -0.15) is 0 Å². The highest BCUT2D eigenvalue weighted by atomic mass is 15.2. The number of fused-ring (bicyclic) bond motifs is 1. The average Bonchev–Trinajstić information content (AvgIpc) is 2.15. The van der Waals surface area contributed by atoms with Crippen molar-refractivity contribution in [3.05, 3.63) is 0 Å². The Bertz CT molecular complexity index is 200. The fourth-order valence-electron chi connectivity index (χ4n) is 3.49. The van der Waals surface area contributed by atoms with Crippen molar-refractivity contribution < 1.29 is 0 Å². The quantitative estimate of drug-likeness (QED) is 0.680. The second-order valence-electron chi connectivity index (χ2n) is 5.40. The molecule has 0 amide bonds. The molecule has 0 spiro atoms. The summed E-state index contributed by atoms with van der Waals surface area (Å²) < 4.78 is 0. The minimum atomic E-state index is 0.887. The molecule has 0 aromatic carbocycles. The van der Waals surface area contributed by atoms with Crippen LogP contribution in [0.15, 0.2) is 0 Å².